The maximum Gasteiger partial charge on any atom is 0.231 e. The molecule has 1 saturated heterocycles. The third-order valence-electron chi connectivity index (χ3n) is 4.11. The number of benzene rings is 1. The van der Waals surface area contributed by atoms with Crippen LogP contribution in [0.1, 0.15) is 24.8 Å². The maximum atomic E-state index is 12.7. The van der Waals surface area contributed by atoms with E-state index in [2.05, 4.69) is 46.0 Å². The number of nitrogens with zero attached hydrogens (tertiary/aromatic N) is 1. The number of hydrogen-bond acceptors (Lipinski definition) is 2. The summed E-state index contributed by atoms with van der Waals surface area (Å²) in [5.74, 6) is 1.84. The van der Waals surface area contributed by atoms with Gasteiger partial charge in [0.2, 0.25) is 5.91 Å². The first-order valence-electron chi connectivity index (χ1n) is 6.81. The Labute approximate surface area is 127 Å². The molecule has 2 nitrogen and oxygen atoms in total. The summed E-state index contributed by atoms with van der Waals surface area (Å²) in [6.45, 7) is 4.00. The summed E-state index contributed by atoms with van der Waals surface area (Å²) in [4.78, 5) is 16.6. The van der Waals surface area contributed by atoms with Crippen molar-refractivity contribution in [3.8, 4) is 0 Å². The monoisotopic (exact) mass is 339 g/mol. The van der Waals surface area contributed by atoms with Crippen molar-refractivity contribution in [2.45, 2.75) is 29.0 Å². The van der Waals surface area contributed by atoms with E-state index in [-0.39, 0.29) is 5.92 Å². The standard InChI is InChI=1S/C15H18BrNOS/c1-10-8-17(7-6-13(10)16)15(18)12-9-19-14-5-3-2-4-11(12)14/h2-5,10,12-13H,6-9H2,1H3. The second kappa shape index (κ2) is 5.49. The molecule has 1 amide bonds. The second-order valence-electron chi connectivity index (χ2n) is 5.47. The van der Waals surface area contributed by atoms with E-state index in [0.717, 1.165) is 25.3 Å². The average molecular weight is 340 g/mol. The number of thioether (sulfide) groups is 1. The number of likely N-dealkylation sites (tertiary alicyclic amines) is 1. The molecule has 102 valence electrons. The lowest BCUT2D eigenvalue weighted by Crippen LogP contribution is -2.45. The molecular formula is C15H18BrNOS. The Bertz CT molecular complexity index is 493. The lowest BCUT2D eigenvalue weighted by molar-refractivity contribution is -0.133. The van der Waals surface area contributed by atoms with Gasteiger partial charge in [-0.05, 0) is 24.0 Å². The Kier molecular flexibility index (Phi) is 3.90. The maximum absolute atomic E-state index is 12.7. The predicted octanol–water partition coefficient (Wildman–Crippen LogP) is 3.51. The van der Waals surface area contributed by atoms with E-state index in [0.29, 0.717) is 16.7 Å². The number of halogens is 1. The van der Waals surface area contributed by atoms with Gasteiger partial charge in [-0.2, -0.15) is 0 Å². The Morgan fingerprint density at radius 2 is 2.21 bits per heavy atom. The van der Waals surface area contributed by atoms with Gasteiger partial charge in [0.15, 0.2) is 0 Å². The number of alkyl halides is 1. The quantitative estimate of drug-likeness (QED) is 0.729. The topological polar surface area (TPSA) is 20.3 Å². The number of rotatable bonds is 1. The van der Waals surface area contributed by atoms with Crippen LogP contribution in [0, 0.1) is 5.92 Å². The van der Waals surface area contributed by atoms with Crippen LogP contribution in [0.4, 0.5) is 0 Å². The van der Waals surface area contributed by atoms with E-state index >= 15 is 0 Å². The van der Waals surface area contributed by atoms with Gasteiger partial charge in [-0.15, -0.1) is 11.8 Å². The Hall–Kier alpha value is -0.480. The van der Waals surface area contributed by atoms with E-state index < -0.39 is 0 Å². The summed E-state index contributed by atoms with van der Waals surface area (Å²) in [6, 6.07) is 8.33. The Morgan fingerprint density at radius 1 is 1.42 bits per heavy atom. The molecule has 19 heavy (non-hydrogen) atoms. The highest BCUT2D eigenvalue weighted by Gasteiger charge is 2.35. The molecule has 2 aliphatic heterocycles. The third kappa shape index (κ3) is 2.57. The van der Waals surface area contributed by atoms with E-state index in [1.165, 1.54) is 10.5 Å². The zero-order valence-corrected chi connectivity index (χ0v) is 13.4. The lowest BCUT2D eigenvalue weighted by atomic mass is 9.95. The van der Waals surface area contributed by atoms with E-state index in [9.17, 15) is 4.79 Å². The highest BCUT2D eigenvalue weighted by atomic mass is 79.9. The van der Waals surface area contributed by atoms with Crippen molar-refractivity contribution in [3.63, 3.8) is 0 Å². The van der Waals surface area contributed by atoms with Crippen LogP contribution < -0.4 is 0 Å². The third-order valence-corrected chi connectivity index (χ3v) is 6.65. The number of carbonyl (C=O) groups excluding carboxylic acids is 1. The van der Waals surface area contributed by atoms with Gasteiger partial charge in [0.25, 0.3) is 0 Å². The summed E-state index contributed by atoms with van der Waals surface area (Å²) in [6.07, 6.45) is 1.06. The molecule has 0 aromatic heterocycles. The van der Waals surface area contributed by atoms with E-state index in [4.69, 9.17) is 0 Å². The zero-order chi connectivity index (χ0) is 13.4. The van der Waals surface area contributed by atoms with Gasteiger partial charge < -0.3 is 4.90 Å². The van der Waals surface area contributed by atoms with Gasteiger partial charge in [-0.25, -0.2) is 0 Å². The van der Waals surface area contributed by atoms with E-state index in [1.807, 2.05) is 17.8 Å². The first-order chi connectivity index (χ1) is 9.16. The van der Waals surface area contributed by atoms with Crippen LogP contribution in [0.15, 0.2) is 29.2 Å². The lowest BCUT2D eigenvalue weighted by Gasteiger charge is -2.35. The van der Waals surface area contributed by atoms with Crippen molar-refractivity contribution in [3.05, 3.63) is 29.8 Å². The normalized spacial score (nSPS) is 30.2. The van der Waals surface area contributed by atoms with Gasteiger partial charge in [0, 0.05) is 28.6 Å². The molecule has 1 aromatic carbocycles. The average Bonchev–Trinajstić information content (AvgIpc) is 2.85. The van der Waals surface area contributed by atoms with Crippen LogP contribution in [-0.4, -0.2) is 34.5 Å². The molecule has 0 radical (unpaired) electrons. The predicted molar refractivity (Wildman–Crippen MR) is 83.0 cm³/mol. The van der Waals surface area contributed by atoms with Crippen LogP contribution >= 0.6 is 27.7 Å². The number of hydrogen-bond donors (Lipinski definition) is 0. The summed E-state index contributed by atoms with van der Waals surface area (Å²) < 4.78 is 0. The van der Waals surface area contributed by atoms with Gasteiger partial charge >= 0.3 is 0 Å². The molecule has 4 heteroatoms. The Balaban J connectivity index is 1.75. The minimum Gasteiger partial charge on any atom is -0.342 e. The molecule has 2 aliphatic rings. The molecule has 0 N–H and O–H groups in total. The van der Waals surface area contributed by atoms with Crippen molar-refractivity contribution in [2.75, 3.05) is 18.8 Å². The Morgan fingerprint density at radius 3 is 3.00 bits per heavy atom. The van der Waals surface area contributed by atoms with Crippen LogP contribution in [-0.2, 0) is 4.79 Å². The number of carbonyl (C=O) groups is 1. The molecule has 0 bridgehead atoms. The summed E-state index contributed by atoms with van der Waals surface area (Å²) >= 11 is 5.51. The minimum atomic E-state index is 0.0697. The van der Waals surface area contributed by atoms with Crippen LogP contribution in [0.25, 0.3) is 0 Å². The van der Waals surface area contributed by atoms with Crippen molar-refractivity contribution in [2.24, 2.45) is 5.92 Å². The van der Waals surface area contributed by atoms with E-state index in [1.54, 1.807) is 0 Å². The summed E-state index contributed by atoms with van der Waals surface area (Å²) in [5.41, 5.74) is 1.23. The molecule has 0 spiro atoms. The largest absolute Gasteiger partial charge is 0.342 e. The fraction of sp³-hybridized carbons (Fsp3) is 0.533. The van der Waals surface area contributed by atoms with Crippen molar-refractivity contribution in [1.29, 1.82) is 0 Å². The van der Waals surface area contributed by atoms with Crippen molar-refractivity contribution < 1.29 is 4.79 Å². The highest BCUT2D eigenvalue weighted by Crippen LogP contribution is 2.40. The number of piperidine rings is 1. The molecule has 3 atom stereocenters. The fourth-order valence-corrected chi connectivity index (χ4v) is 4.50. The molecule has 0 saturated carbocycles. The second-order valence-corrected chi connectivity index (χ2v) is 7.71. The summed E-state index contributed by atoms with van der Waals surface area (Å²) in [7, 11) is 0. The van der Waals surface area contributed by atoms with Crippen molar-refractivity contribution >= 4 is 33.6 Å². The molecule has 1 fully saturated rings. The van der Waals surface area contributed by atoms with Gasteiger partial charge in [-0.3, -0.25) is 4.79 Å². The number of amides is 1. The molecule has 1 aromatic rings. The highest BCUT2D eigenvalue weighted by molar-refractivity contribution is 9.09. The molecule has 3 rings (SSSR count). The minimum absolute atomic E-state index is 0.0697. The van der Waals surface area contributed by atoms with Crippen LogP contribution in [0.2, 0.25) is 0 Å². The molecule has 2 heterocycles. The number of fused-ring (bicyclic) bond motifs is 1. The SMILES string of the molecule is CC1CN(C(=O)C2CSc3ccccc32)CCC1Br. The molecule has 3 unspecified atom stereocenters. The van der Waals surface area contributed by atoms with Crippen LogP contribution in [0.5, 0.6) is 0 Å². The van der Waals surface area contributed by atoms with Crippen LogP contribution in [0.3, 0.4) is 0 Å². The first kappa shape index (κ1) is 13.5. The molecular weight excluding hydrogens is 322 g/mol. The van der Waals surface area contributed by atoms with Gasteiger partial charge in [0.1, 0.15) is 0 Å². The van der Waals surface area contributed by atoms with Crippen molar-refractivity contribution in [1.82, 2.24) is 4.90 Å². The smallest absolute Gasteiger partial charge is 0.231 e. The van der Waals surface area contributed by atoms with Gasteiger partial charge in [-0.1, -0.05) is 41.1 Å². The summed E-state index contributed by atoms with van der Waals surface area (Å²) in [5, 5.41) is 0. The fourth-order valence-electron chi connectivity index (χ4n) is 2.90. The van der Waals surface area contributed by atoms with Gasteiger partial charge in [0.05, 0.1) is 5.92 Å². The zero-order valence-electron chi connectivity index (χ0n) is 11.0. The molecule has 0 aliphatic carbocycles. The first-order valence-corrected chi connectivity index (χ1v) is 8.71.